The van der Waals surface area contributed by atoms with E-state index in [0.29, 0.717) is 24.3 Å². The first-order chi connectivity index (χ1) is 7.15. The lowest BCUT2D eigenvalue weighted by Gasteiger charge is -2.25. The summed E-state index contributed by atoms with van der Waals surface area (Å²) < 4.78 is 0. The van der Waals surface area contributed by atoms with Gasteiger partial charge in [0.15, 0.2) is 5.15 Å². The van der Waals surface area contributed by atoms with E-state index in [1.165, 1.54) is 0 Å². The third kappa shape index (κ3) is 3.74. The normalized spacial score (nSPS) is 11.3. The van der Waals surface area contributed by atoms with Crippen molar-refractivity contribution in [3.05, 3.63) is 23.2 Å². The number of nitrogens with zero attached hydrogens (tertiary/aromatic N) is 3. The Morgan fingerprint density at radius 2 is 2.07 bits per heavy atom. The Bertz CT molecular complexity index is 303. The molecule has 0 unspecified atom stereocenters. The Morgan fingerprint density at radius 3 is 2.60 bits per heavy atom. The Hall–Kier alpha value is -0.710. The molecule has 0 saturated heterocycles. The minimum absolute atomic E-state index is 0.423. The van der Waals surface area contributed by atoms with Gasteiger partial charge in [-0.15, -0.1) is 0 Å². The number of nitrogens with two attached hydrogens (primary N) is 1. The van der Waals surface area contributed by atoms with Crippen molar-refractivity contribution in [1.82, 2.24) is 14.9 Å². The quantitative estimate of drug-likeness (QED) is 0.826. The second-order valence-electron chi connectivity index (χ2n) is 3.65. The van der Waals surface area contributed by atoms with Crippen molar-refractivity contribution >= 4 is 11.6 Å². The zero-order chi connectivity index (χ0) is 11.3. The maximum atomic E-state index is 5.94. The highest BCUT2D eigenvalue weighted by molar-refractivity contribution is 6.29. The smallest absolute Gasteiger partial charge is 0.151 e. The molecule has 84 valence electrons. The zero-order valence-electron chi connectivity index (χ0n) is 9.15. The molecule has 2 N–H and O–H groups in total. The van der Waals surface area contributed by atoms with Crippen LogP contribution in [0.15, 0.2) is 12.4 Å². The van der Waals surface area contributed by atoms with Crippen LogP contribution >= 0.6 is 11.6 Å². The lowest BCUT2D eigenvalue weighted by molar-refractivity contribution is 0.216. The monoisotopic (exact) mass is 228 g/mol. The van der Waals surface area contributed by atoms with Crippen LogP contribution in [0.2, 0.25) is 5.15 Å². The van der Waals surface area contributed by atoms with E-state index in [9.17, 15) is 0 Å². The predicted molar refractivity (Wildman–Crippen MR) is 61.6 cm³/mol. The second kappa shape index (κ2) is 6.00. The van der Waals surface area contributed by atoms with Crippen molar-refractivity contribution < 1.29 is 0 Å². The predicted octanol–water partition coefficient (Wildman–Crippen LogP) is 1.30. The largest absolute Gasteiger partial charge is 0.329 e. The van der Waals surface area contributed by atoms with Gasteiger partial charge in [0, 0.05) is 38.1 Å². The first-order valence-corrected chi connectivity index (χ1v) is 5.42. The maximum Gasteiger partial charge on any atom is 0.151 e. The first kappa shape index (κ1) is 12.4. The summed E-state index contributed by atoms with van der Waals surface area (Å²) in [6.07, 6.45) is 3.25. The van der Waals surface area contributed by atoms with Crippen LogP contribution in [-0.2, 0) is 6.54 Å². The third-order valence-electron chi connectivity index (χ3n) is 2.22. The van der Waals surface area contributed by atoms with Gasteiger partial charge in [-0.05, 0) is 13.8 Å². The van der Waals surface area contributed by atoms with E-state index in [1.54, 1.807) is 12.4 Å². The highest BCUT2D eigenvalue weighted by atomic mass is 35.5. The molecule has 1 aromatic rings. The maximum absolute atomic E-state index is 5.94. The molecule has 0 atom stereocenters. The molecule has 4 nitrogen and oxygen atoms in total. The lowest BCUT2D eigenvalue weighted by atomic mass is 10.3. The van der Waals surface area contributed by atoms with E-state index in [4.69, 9.17) is 17.3 Å². The van der Waals surface area contributed by atoms with Crippen LogP contribution in [-0.4, -0.2) is 34.0 Å². The molecular weight excluding hydrogens is 212 g/mol. The molecule has 0 radical (unpaired) electrons. The van der Waals surface area contributed by atoms with E-state index >= 15 is 0 Å². The van der Waals surface area contributed by atoms with Gasteiger partial charge in [0.2, 0.25) is 0 Å². The SMILES string of the molecule is CC(C)N(CCN)Cc1nccnc1Cl. The van der Waals surface area contributed by atoms with Gasteiger partial charge >= 0.3 is 0 Å². The average molecular weight is 229 g/mol. The number of halogens is 1. The summed E-state index contributed by atoms with van der Waals surface area (Å²) in [5, 5.41) is 0.472. The van der Waals surface area contributed by atoms with Crippen LogP contribution in [0, 0.1) is 0 Å². The minimum atomic E-state index is 0.423. The summed E-state index contributed by atoms with van der Waals surface area (Å²) in [6.45, 7) is 6.42. The molecule has 1 heterocycles. The molecule has 0 aromatic carbocycles. The first-order valence-electron chi connectivity index (χ1n) is 5.04. The average Bonchev–Trinajstić information content (AvgIpc) is 2.20. The summed E-state index contributed by atoms with van der Waals surface area (Å²) in [4.78, 5) is 10.4. The molecular formula is C10H17ClN4. The van der Waals surface area contributed by atoms with Crippen molar-refractivity contribution in [3.8, 4) is 0 Å². The fourth-order valence-electron chi connectivity index (χ4n) is 1.33. The molecule has 0 spiro atoms. The highest BCUT2D eigenvalue weighted by Crippen LogP contribution is 2.12. The summed E-state index contributed by atoms with van der Waals surface area (Å²) >= 11 is 5.94. The van der Waals surface area contributed by atoms with Crippen molar-refractivity contribution in [2.75, 3.05) is 13.1 Å². The molecule has 0 bridgehead atoms. The van der Waals surface area contributed by atoms with Crippen molar-refractivity contribution in [3.63, 3.8) is 0 Å². The van der Waals surface area contributed by atoms with Gasteiger partial charge in [-0.2, -0.15) is 0 Å². The van der Waals surface area contributed by atoms with E-state index in [1.807, 2.05) is 0 Å². The van der Waals surface area contributed by atoms with Gasteiger partial charge in [-0.1, -0.05) is 11.6 Å². The standard InChI is InChI=1S/C10H17ClN4/c1-8(2)15(6-3-12)7-9-10(11)14-5-4-13-9/h4-5,8H,3,6-7,12H2,1-2H3. The van der Waals surface area contributed by atoms with Gasteiger partial charge in [-0.3, -0.25) is 9.88 Å². The van der Waals surface area contributed by atoms with Crippen LogP contribution in [0.1, 0.15) is 19.5 Å². The summed E-state index contributed by atoms with van der Waals surface area (Å²) in [5.41, 5.74) is 6.36. The second-order valence-corrected chi connectivity index (χ2v) is 4.00. The van der Waals surface area contributed by atoms with Gasteiger partial charge in [-0.25, -0.2) is 4.98 Å². The molecule has 0 fully saturated rings. The topological polar surface area (TPSA) is 55.0 Å². The number of rotatable bonds is 5. The van der Waals surface area contributed by atoms with Crippen molar-refractivity contribution in [1.29, 1.82) is 0 Å². The molecule has 0 aliphatic heterocycles. The Balaban J connectivity index is 2.69. The van der Waals surface area contributed by atoms with Crippen LogP contribution in [0.5, 0.6) is 0 Å². The zero-order valence-corrected chi connectivity index (χ0v) is 9.91. The molecule has 0 amide bonds. The Morgan fingerprint density at radius 1 is 1.40 bits per heavy atom. The van der Waals surface area contributed by atoms with Gasteiger partial charge < -0.3 is 5.73 Å². The Labute approximate surface area is 95.5 Å². The van der Waals surface area contributed by atoms with Crippen LogP contribution in [0.25, 0.3) is 0 Å². The molecule has 1 rings (SSSR count). The molecule has 5 heteroatoms. The fourth-order valence-corrected chi connectivity index (χ4v) is 1.50. The third-order valence-corrected chi connectivity index (χ3v) is 2.54. The Kier molecular flexibility index (Phi) is 4.94. The fraction of sp³-hybridized carbons (Fsp3) is 0.600. The lowest BCUT2D eigenvalue weighted by Crippen LogP contribution is -2.35. The van der Waals surface area contributed by atoms with Gasteiger partial charge in [0.25, 0.3) is 0 Å². The van der Waals surface area contributed by atoms with Crippen LogP contribution in [0.4, 0.5) is 0 Å². The van der Waals surface area contributed by atoms with E-state index in [2.05, 4.69) is 28.7 Å². The minimum Gasteiger partial charge on any atom is -0.329 e. The van der Waals surface area contributed by atoms with Crippen molar-refractivity contribution in [2.45, 2.75) is 26.4 Å². The highest BCUT2D eigenvalue weighted by Gasteiger charge is 2.12. The number of aromatic nitrogens is 2. The van der Waals surface area contributed by atoms with Crippen LogP contribution in [0.3, 0.4) is 0 Å². The molecule has 1 aromatic heterocycles. The van der Waals surface area contributed by atoms with Gasteiger partial charge in [0.05, 0.1) is 5.69 Å². The molecule has 0 saturated carbocycles. The molecule has 0 aliphatic rings. The number of hydrogen-bond donors (Lipinski definition) is 1. The summed E-state index contributed by atoms with van der Waals surface area (Å²) in [6, 6.07) is 0.423. The summed E-state index contributed by atoms with van der Waals surface area (Å²) in [5.74, 6) is 0. The van der Waals surface area contributed by atoms with Gasteiger partial charge in [0.1, 0.15) is 0 Å². The van der Waals surface area contributed by atoms with E-state index in [-0.39, 0.29) is 0 Å². The summed E-state index contributed by atoms with van der Waals surface area (Å²) in [7, 11) is 0. The van der Waals surface area contributed by atoms with Crippen LogP contribution < -0.4 is 5.73 Å². The van der Waals surface area contributed by atoms with E-state index in [0.717, 1.165) is 12.2 Å². The van der Waals surface area contributed by atoms with E-state index < -0.39 is 0 Å². The molecule has 0 aliphatic carbocycles. The number of hydrogen-bond acceptors (Lipinski definition) is 4. The molecule has 15 heavy (non-hydrogen) atoms. The van der Waals surface area contributed by atoms with Crippen molar-refractivity contribution in [2.24, 2.45) is 5.73 Å².